The molecule has 160 valence electrons. The van der Waals surface area contributed by atoms with Crippen LogP contribution >= 0.6 is 27.5 Å². The zero-order chi connectivity index (χ0) is 22.1. The molecule has 3 aromatic rings. The van der Waals surface area contributed by atoms with Crippen molar-refractivity contribution < 1.29 is 14.3 Å². The third kappa shape index (κ3) is 4.21. The fourth-order valence-electron chi connectivity index (χ4n) is 3.28. The van der Waals surface area contributed by atoms with Crippen molar-refractivity contribution in [3.05, 3.63) is 51.2 Å². The average Bonchev–Trinajstić information content (AvgIpc) is 3.18. The zero-order valence-corrected chi connectivity index (χ0v) is 19.0. The Balaban J connectivity index is 1.62. The number of ether oxygens (including phenoxy) is 2. The van der Waals surface area contributed by atoms with Gasteiger partial charge in [0.15, 0.2) is 0 Å². The van der Waals surface area contributed by atoms with Crippen LogP contribution in [0.2, 0.25) is 5.02 Å². The van der Waals surface area contributed by atoms with Crippen molar-refractivity contribution in [3.8, 4) is 22.9 Å². The predicted molar refractivity (Wildman–Crippen MR) is 120 cm³/mol. The summed E-state index contributed by atoms with van der Waals surface area (Å²) in [5, 5.41) is 3.29. The standard InChI is InChI=1S/C20H18BrClN6O3/c1-30-16-5-11(14(22)6-13(16)21)18-12-8-28(9-15(12)26-19(23)27-18)20(29)25-10-3-4-17(31-2)24-7-10/h3-7H,8-9H2,1-2H3,(H,25,29)(H2,23,26,27). The van der Waals surface area contributed by atoms with E-state index in [9.17, 15) is 4.79 Å². The third-order valence-electron chi connectivity index (χ3n) is 4.78. The van der Waals surface area contributed by atoms with Crippen molar-refractivity contribution in [2.24, 2.45) is 0 Å². The number of aromatic nitrogens is 3. The number of benzene rings is 1. The second kappa shape index (κ2) is 8.56. The summed E-state index contributed by atoms with van der Waals surface area (Å²) in [6.07, 6.45) is 1.52. The van der Waals surface area contributed by atoms with Crippen LogP contribution in [0.1, 0.15) is 11.3 Å². The first-order valence-corrected chi connectivity index (χ1v) is 10.3. The van der Waals surface area contributed by atoms with Gasteiger partial charge in [-0.1, -0.05) is 11.6 Å². The first-order chi connectivity index (χ1) is 14.9. The van der Waals surface area contributed by atoms with Gasteiger partial charge in [0.2, 0.25) is 11.8 Å². The average molecular weight is 506 g/mol. The molecule has 0 saturated carbocycles. The van der Waals surface area contributed by atoms with E-state index in [4.69, 9.17) is 26.8 Å². The third-order valence-corrected chi connectivity index (χ3v) is 5.71. The summed E-state index contributed by atoms with van der Waals surface area (Å²) >= 11 is 9.90. The summed E-state index contributed by atoms with van der Waals surface area (Å²) in [5.74, 6) is 1.17. The maximum atomic E-state index is 12.8. The lowest BCUT2D eigenvalue weighted by Crippen LogP contribution is -2.30. The molecule has 4 rings (SSSR count). The van der Waals surface area contributed by atoms with E-state index in [1.54, 1.807) is 36.3 Å². The van der Waals surface area contributed by atoms with Gasteiger partial charge in [-0.05, 0) is 34.1 Å². The van der Waals surface area contributed by atoms with Gasteiger partial charge in [0, 0.05) is 17.2 Å². The number of pyridine rings is 1. The number of fused-ring (bicyclic) bond motifs is 1. The van der Waals surface area contributed by atoms with Crippen LogP contribution in [0.5, 0.6) is 11.6 Å². The number of anilines is 2. The van der Waals surface area contributed by atoms with E-state index in [2.05, 4.69) is 36.2 Å². The van der Waals surface area contributed by atoms with Crippen LogP contribution < -0.4 is 20.5 Å². The largest absolute Gasteiger partial charge is 0.496 e. The fourth-order valence-corrected chi connectivity index (χ4v) is 4.18. The van der Waals surface area contributed by atoms with E-state index >= 15 is 0 Å². The van der Waals surface area contributed by atoms with E-state index in [1.807, 2.05) is 0 Å². The van der Waals surface area contributed by atoms with Crippen LogP contribution in [0.3, 0.4) is 0 Å². The minimum Gasteiger partial charge on any atom is -0.496 e. The van der Waals surface area contributed by atoms with Gasteiger partial charge >= 0.3 is 6.03 Å². The second-order valence-corrected chi connectivity index (χ2v) is 7.96. The lowest BCUT2D eigenvalue weighted by atomic mass is 10.1. The summed E-state index contributed by atoms with van der Waals surface area (Å²) < 4.78 is 11.1. The highest BCUT2D eigenvalue weighted by Crippen LogP contribution is 2.39. The summed E-state index contributed by atoms with van der Waals surface area (Å²) in [4.78, 5) is 27.2. The van der Waals surface area contributed by atoms with Crippen molar-refractivity contribution in [2.45, 2.75) is 13.1 Å². The van der Waals surface area contributed by atoms with Crippen LogP contribution in [0.4, 0.5) is 16.4 Å². The molecule has 11 heteroatoms. The number of halogens is 2. The second-order valence-electron chi connectivity index (χ2n) is 6.70. The monoisotopic (exact) mass is 504 g/mol. The van der Waals surface area contributed by atoms with Crippen LogP contribution in [0.25, 0.3) is 11.3 Å². The summed E-state index contributed by atoms with van der Waals surface area (Å²) in [5.41, 5.74) is 9.16. The molecular weight excluding hydrogens is 488 g/mol. The lowest BCUT2D eigenvalue weighted by Gasteiger charge is -2.16. The number of carbonyl (C=O) groups is 1. The number of hydrogen-bond donors (Lipinski definition) is 2. The molecule has 1 aliphatic heterocycles. The topological polar surface area (TPSA) is 115 Å². The van der Waals surface area contributed by atoms with Gasteiger partial charge in [0.25, 0.3) is 0 Å². The van der Waals surface area contributed by atoms with E-state index in [1.165, 1.54) is 13.3 Å². The Labute approximate surface area is 191 Å². The molecule has 0 unspecified atom stereocenters. The van der Waals surface area contributed by atoms with Crippen LogP contribution in [-0.2, 0) is 13.1 Å². The Bertz CT molecular complexity index is 1160. The molecule has 31 heavy (non-hydrogen) atoms. The molecule has 1 aliphatic rings. The SMILES string of the molecule is COc1ccc(NC(=O)N2Cc3nc(N)nc(-c4cc(OC)c(Br)cc4Cl)c3C2)cn1. The van der Waals surface area contributed by atoms with E-state index in [-0.39, 0.29) is 18.5 Å². The molecule has 0 fully saturated rings. The molecular formula is C20H18BrClN6O3. The van der Waals surface area contributed by atoms with Gasteiger partial charge < -0.3 is 25.4 Å². The number of nitrogen functional groups attached to an aromatic ring is 1. The minimum absolute atomic E-state index is 0.105. The molecule has 2 amide bonds. The van der Waals surface area contributed by atoms with Crippen molar-refractivity contribution in [3.63, 3.8) is 0 Å². The number of hydrogen-bond acceptors (Lipinski definition) is 7. The molecule has 2 aromatic heterocycles. The molecule has 9 nitrogen and oxygen atoms in total. The number of carbonyl (C=O) groups excluding carboxylic acids is 1. The summed E-state index contributed by atoms with van der Waals surface area (Å²) in [6, 6.07) is 6.59. The molecule has 0 spiro atoms. The maximum absolute atomic E-state index is 12.8. The number of methoxy groups -OCH3 is 2. The number of rotatable bonds is 4. The van der Waals surface area contributed by atoms with Crippen LogP contribution in [-0.4, -0.2) is 40.1 Å². The molecule has 0 bridgehead atoms. The minimum atomic E-state index is -0.297. The number of urea groups is 1. The van der Waals surface area contributed by atoms with Crippen molar-refractivity contribution in [1.29, 1.82) is 0 Å². The fraction of sp³-hybridized carbons (Fsp3) is 0.200. The Kier molecular flexibility index (Phi) is 5.84. The molecule has 0 aliphatic carbocycles. The number of amides is 2. The Hall–Kier alpha value is -3.11. The molecule has 0 atom stereocenters. The van der Waals surface area contributed by atoms with E-state index in [0.717, 1.165) is 10.0 Å². The Morgan fingerprint density at radius 3 is 2.71 bits per heavy atom. The van der Waals surface area contributed by atoms with Gasteiger partial charge in [0.1, 0.15) is 5.75 Å². The molecule has 3 heterocycles. The predicted octanol–water partition coefficient (Wildman–Crippen LogP) is 4.10. The number of nitrogens with zero attached hydrogens (tertiary/aromatic N) is 4. The summed E-state index contributed by atoms with van der Waals surface area (Å²) in [7, 11) is 3.09. The van der Waals surface area contributed by atoms with E-state index in [0.29, 0.717) is 45.8 Å². The van der Waals surface area contributed by atoms with Gasteiger partial charge in [-0.3, -0.25) is 0 Å². The highest BCUT2D eigenvalue weighted by Gasteiger charge is 2.29. The first kappa shape index (κ1) is 21.1. The van der Waals surface area contributed by atoms with Crippen molar-refractivity contribution >= 4 is 45.2 Å². The molecule has 3 N–H and O–H groups in total. The van der Waals surface area contributed by atoms with Crippen LogP contribution in [0.15, 0.2) is 34.9 Å². The maximum Gasteiger partial charge on any atom is 0.322 e. The molecule has 0 saturated heterocycles. The highest BCUT2D eigenvalue weighted by atomic mass is 79.9. The van der Waals surface area contributed by atoms with Gasteiger partial charge in [-0.15, -0.1) is 0 Å². The van der Waals surface area contributed by atoms with Gasteiger partial charge in [0.05, 0.1) is 60.1 Å². The van der Waals surface area contributed by atoms with Crippen molar-refractivity contribution in [2.75, 3.05) is 25.3 Å². The Morgan fingerprint density at radius 1 is 1.23 bits per heavy atom. The van der Waals surface area contributed by atoms with Crippen LogP contribution in [0, 0.1) is 0 Å². The molecule has 0 radical (unpaired) electrons. The quantitative estimate of drug-likeness (QED) is 0.548. The summed E-state index contributed by atoms with van der Waals surface area (Å²) in [6.45, 7) is 0.588. The smallest absolute Gasteiger partial charge is 0.322 e. The van der Waals surface area contributed by atoms with E-state index < -0.39 is 0 Å². The number of nitrogens with one attached hydrogen (secondary N) is 1. The molecule has 1 aromatic carbocycles. The van der Waals surface area contributed by atoms with Gasteiger partial charge in [-0.25, -0.2) is 19.7 Å². The highest BCUT2D eigenvalue weighted by molar-refractivity contribution is 9.10. The number of nitrogens with two attached hydrogens (primary N) is 1. The lowest BCUT2D eigenvalue weighted by molar-refractivity contribution is 0.212. The van der Waals surface area contributed by atoms with Gasteiger partial charge in [-0.2, -0.15) is 0 Å². The normalized spacial score (nSPS) is 12.5. The van der Waals surface area contributed by atoms with Crippen molar-refractivity contribution in [1.82, 2.24) is 19.9 Å². The zero-order valence-electron chi connectivity index (χ0n) is 16.6. The Morgan fingerprint density at radius 2 is 2.03 bits per heavy atom. The first-order valence-electron chi connectivity index (χ1n) is 9.14.